The van der Waals surface area contributed by atoms with Crippen molar-refractivity contribution in [3.63, 3.8) is 0 Å². The highest BCUT2D eigenvalue weighted by Crippen LogP contribution is 2.33. The molecule has 1 aliphatic rings. The van der Waals surface area contributed by atoms with E-state index in [1.807, 2.05) is 29.2 Å². The molecular weight excluding hydrogens is 260 g/mol. The SMILES string of the molecule is CC(C)C1CCCCC1Nc1cccnc1-n1cccn1. The van der Waals surface area contributed by atoms with E-state index in [1.54, 1.807) is 6.20 Å². The molecule has 3 rings (SSSR count). The summed E-state index contributed by atoms with van der Waals surface area (Å²) in [5, 5.41) is 8.05. The van der Waals surface area contributed by atoms with E-state index < -0.39 is 0 Å². The third-order valence-electron chi connectivity index (χ3n) is 4.52. The fourth-order valence-electron chi connectivity index (χ4n) is 3.42. The summed E-state index contributed by atoms with van der Waals surface area (Å²) in [6.45, 7) is 4.67. The molecule has 0 spiro atoms. The minimum Gasteiger partial charge on any atom is -0.379 e. The number of pyridine rings is 1. The Bertz CT molecular complexity index is 562. The summed E-state index contributed by atoms with van der Waals surface area (Å²) in [6, 6.07) is 6.56. The summed E-state index contributed by atoms with van der Waals surface area (Å²) in [4.78, 5) is 4.49. The fraction of sp³-hybridized carbons (Fsp3) is 0.529. The van der Waals surface area contributed by atoms with Gasteiger partial charge in [-0.25, -0.2) is 9.67 Å². The number of anilines is 1. The van der Waals surface area contributed by atoms with Crippen molar-refractivity contribution in [2.45, 2.75) is 45.6 Å². The molecule has 2 heterocycles. The molecule has 0 bridgehead atoms. The first kappa shape index (κ1) is 14.1. The van der Waals surface area contributed by atoms with Crippen LogP contribution in [0.3, 0.4) is 0 Å². The molecule has 4 nitrogen and oxygen atoms in total. The quantitative estimate of drug-likeness (QED) is 0.926. The van der Waals surface area contributed by atoms with E-state index in [9.17, 15) is 0 Å². The highest BCUT2D eigenvalue weighted by Gasteiger charge is 2.28. The molecule has 2 aromatic heterocycles. The van der Waals surface area contributed by atoms with Gasteiger partial charge in [0.1, 0.15) is 0 Å². The molecule has 0 aromatic carbocycles. The number of nitrogens with one attached hydrogen (secondary N) is 1. The van der Waals surface area contributed by atoms with Gasteiger partial charge in [-0.2, -0.15) is 5.10 Å². The average molecular weight is 284 g/mol. The Hall–Kier alpha value is -1.84. The van der Waals surface area contributed by atoms with Crippen LogP contribution in [0.15, 0.2) is 36.8 Å². The van der Waals surface area contributed by atoms with Gasteiger partial charge in [0, 0.05) is 24.6 Å². The molecule has 1 aliphatic carbocycles. The number of rotatable bonds is 4. The lowest BCUT2D eigenvalue weighted by Gasteiger charge is -2.35. The van der Waals surface area contributed by atoms with Crippen LogP contribution in [0, 0.1) is 11.8 Å². The largest absolute Gasteiger partial charge is 0.379 e. The average Bonchev–Trinajstić information content (AvgIpc) is 3.02. The molecule has 1 saturated carbocycles. The highest BCUT2D eigenvalue weighted by molar-refractivity contribution is 5.56. The van der Waals surface area contributed by atoms with Gasteiger partial charge in [-0.3, -0.25) is 0 Å². The summed E-state index contributed by atoms with van der Waals surface area (Å²) >= 11 is 0. The van der Waals surface area contributed by atoms with E-state index in [0.717, 1.165) is 17.4 Å². The van der Waals surface area contributed by atoms with E-state index in [1.165, 1.54) is 25.7 Å². The topological polar surface area (TPSA) is 42.7 Å². The summed E-state index contributed by atoms with van der Waals surface area (Å²) < 4.78 is 1.83. The summed E-state index contributed by atoms with van der Waals surface area (Å²) in [6.07, 6.45) is 10.8. The molecule has 112 valence electrons. The van der Waals surface area contributed by atoms with Gasteiger partial charge in [0.25, 0.3) is 0 Å². The normalized spacial score (nSPS) is 22.4. The van der Waals surface area contributed by atoms with Gasteiger partial charge in [0.2, 0.25) is 0 Å². The molecule has 0 radical (unpaired) electrons. The first-order chi connectivity index (χ1) is 10.3. The van der Waals surface area contributed by atoms with Crippen LogP contribution < -0.4 is 5.32 Å². The Balaban J connectivity index is 1.84. The summed E-state index contributed by atoms with van der Waals surface area (Å²) in [5.41, 5.74) is 1.08. The van der Waals surface area contributed by atoms with Crippen molar-refractivity contribution in [3.8, 4) is 5.82 Å². The smallest absolute Gasteiger partial charge is 0.176 e. The van der Waals surface area contributed by atoms with Gasteiger partial charge in [-0.15, -0.1) is 0 Å². The maximum Gasteiger partial charge on any atom is 0.176 e. The Labute approximate surface area is 126 Å². The molecular formula is C17H24N4. The zero-order valence-corrected chi connectivity index (χ0v) is 12.9. The van der Waals surface area contributed by atoms with Gasteiger partial charge < -0.3 is 5.32 Å². The van der Waals surface area contributed by atoms with E-state index in [4.69, 9.17) is 0 Å². The van der Waals surface area contributed by atoms with Crippen LogP contribution in [0.2, 0.25) is 0 Å². The molecule has 21 heavy (non-hydrogen) atoms. The first-order valence-corrected chi connectivity index (χ1v) is 7.97. The van der Waals surface area contributed by atoms with Gasteiger partial charge in [0.15, 0.2) is 5.82 Å². The molecule has 2 atom stereocenters. The van der Waals surface area contributed by atoms with Crippen LogP contribution in [-0.2, 0) is 0 Å². The Morgan fingerprint density at radius 2 is 2.05 bits per heavy atom. The van der Waals surface area contributed by atoms with Crippen molar-refractivity contribution in [3.05, 3.63) is 36.8 Å². The predicted molar refractivity (Wildman–Crippen MR) is 85.6 cm³/mol. The second kappa shape index (κ2) is 6.29. The molecule has 4 heteroatoms. The molecule has 2 unspecified atom stereocenters. The van der Waals surface area contributed by atoms with Crippen LogP contribution in [0.25, 0.3) is 5.82 Å². The minimum absolute atomic E-state index is 0.539. The Kier molecular flexibility index (Phi) is 4.23. The highest BCUT2D eigenvalue weighted by atomic mass is 15.3. The van der Waals surface area contributed by atoms with E-state index in [0.29, 0.717) is 12.0 Å². The van der Waals surface area contributed by atoms with E-state index in [2.05, 4.69) is 35.3 Å². The van der Waals surface area contributed by atoms with Gasteiger partial charge >= 0.3 is 0 Å². The third-order valence-corrected chi connectivity index (χ3v) is 4.52. The van der Waals surface area contributed by atoms with Crippen LogP contribution in [0.1, 0.15) is 39.5 Å². The van der Waals surface area contributed by atoms with Crippen molar-refractivity contribution < 1.29 is 0 Å². The van der Waals surface area contributed by atoms with Crippen molar-refractivity contribution in [1.29, 1.82) is 0 Å². The van der Waals surface area contributed by atoms with Gasteiger partial charge in [-0.05, 0) is 42.9 Å². The van der Waals surface area contributed by atoms with Gasteiger partial charge in [-0.1, -0.05) is 26.7 Å². The third kappa shape index (κ3) is 3.09. The summed E-state index contributed by atoms with van der Waals surface area (Å²) in [5.74, 6) is 2.34. The lowest BCUT2D eigenvalue weighted by Crippen LogP contribution is -2.35. The second-order valence-corrected chi connectivity index (χ2v) is 6.27. The standard InChI is InChI=1S/C17H24N4/c1-13(2)14-7-3-4-8-15(14)20-16-9-5-10-18-17(16)21-12-6-11-19-21/h5-6,9-15,20H,3-4,7-8H2,1-2H3. The minimum atomic E-state index is 0.539. The lowest BCUT2D eigenvalue weighted by atomic mass is 9.78. The van der Waals surface area contributed by atoms with E-state index >= 15 is 0 Å². The summed E-state index contributed by atoms with van der Waals surface area (Å²) in [7, 11) is 0. The second-order valence-electron chi connectivity index (χ2n) is 6.27. The number of aromatic nitrogens is 3. The zero-order valence-electron chi connectivity index (χ0n) is 12.9. The molecule has 1 N–H and O–H groups in total. The van der Waals surface area contributed by atoms with Crippen LogP contribution in [0.4, 0.5) is 5.69 Å². The van der Waals surface area contributed by atoms with Crippen molar-refractivity contribution in [1.82, 2.24) is 14.8 Å². The monoisotopic (exact) mass is 284 g/mol. The van der Waals surface area contributed by atoms with Gasteiger partial charge in [0.05, 0.1) is 5.69 Å². The maximum absolute atomic E-state index is 4.49. The first-order valence-electron chi connectivity index (χ1n) is 7.97. The van der Waals surface area contributed by atoms with Crippen LogP contribution in [-0.4, -0.2) is 20.8 Å². The predicted octanol–water partition coefficient (Wildman–Crippen LogP) is 3.89. The Morgan fingerprint density at radius 3 is 2.81 bits per heavy atom. The zero-order chi connectivity index (χ0) is 14.7. The molecule has 0 aliphatic heterocycles. The Morgan fingerprint density at radius 1 is 1.19 bits per heavy atom. The number of hydrogen-bond acceptors (Lipinski definition) is 3. The van der Waals surface area contributed by atoms with Crippen molar-refractivity contribution in [2.75, 3.05) is 5.32 Å². The van der Waals surface area contributed by atoms with E-state index in [-0.39, 0.29) is 0 Å². The van der Waals surface area contributed by atoms with Crippen molar-refractivity contribution >= 4 is 5.69 Å². The number of nitrogens with zero attached hydrogens (tertiary/aromatic N) is 3. The van der Waals surface area contributed by atoms with Crippen LogP contribution in [0.5, 0.6) is 0 Å². The molecule has 0 amide bonds. The molecule has 0 saturated heterocycles. The fourth-order valence-corrected chi connectivity index (χ4v) is 3.42. The van der Waals surface area contributed by atoms with Crippen molar-refractivity contribution in [2.24, 2.45) is 11.8 Å². The molecule has 1 fully saturated rings. The maximum atomic E-state index is 4.49. The molecule has 2 aromatic rings. The number of hydrogen-bond donors (Lipinski definition) is 1. The lowest BCUT2D eigenvalue weighted by molar-refractivity contribution is 0.253. The van der Waals surface area contributed by atoms with Crippen LogP contribution >= 0.6 is 0 Å².